The lowest BCUT2D eigenvalue weighted by Gasteiger charge is -2.21. The Morgan fingerprint density at radius 2 is 1.86 bits per heavy atom. The number of para-hydroxylation sites is 1. The third kappa shape index (κ3) is 3.85. The highest BCUT2D eigenvalue weighted by Gasteiger charge is 2.30. The number of fused-ring (bicyclic) bond motifs is 2. The molecule has 7 heteroatoms. The lowest BCUT2D eigenvalue weighted by Crippen LogP contribution is -2.36. The minimum Gasteiger partial charge on any atom is -0.463 e. The van der Waals surface area contributed by atoms with Gasteiger partial charge >= 0.3 is 5.97 Å². The first-order valence-electron chi connectivity index (χ1n) is 12.0. The van der Waals surface area contributed by atoms with Crippen molar-refractivity contribution in [2.45, 2.75) is 33.4 Å². The van der Waals surface area contributed by atoms with Gasteiger partial charge in [0.05, 0.1) is 23.9 Å². The number of allylic oxidation sites excluding steroid dienone is 2. The number of benzene rings is 2. The molecule has 2 aromatic heterocycles. The molecule has 0 fully saturated rings. The summed E-state index contributed by atoms with van der Waals surface area (Å²) in [5.74, 6) is -0.466. The number of ether oxygens (including phenoxy) is 1. The van der Waals surface area contributed by atoms with Gasteiger partial charge in [-0.05, 0) is 32.4 Å². The van der Waals surface area contributed by atoms with Crippen LogP contribution >= 0.6 is 11.3 Å². The van der Waals surface area contributed by atoms with E-state index in [-0.39, 0.29) is 12.2 Å². The molecule has 1 unspecified atom stereocenters. The molecule has 3 heterocycles. The fourth-order valence-electron chi connectivity index (χ4n) is 4.80. The predicted molar refractivity (Wildman–Crippen MR) is 144 cm³/mol. The second kappa shape index (κ2) is 9.59. The first kappa shape index (κ1) is 23.8. The average molecular weight is 498 g/mol. The Morgan fingerprint density at radius 3 is 2.58 bits per heavy atom. The van der Waals surface area contributed by atoms with E-state index in [1.165, 1.54) is 11.3 Å². The van der Waals surface area contributed by atoms with Crippen LogP contribution in [-0.4, -0.2) is 21.7 Å². The average Bonchev–Trinajstić information content (AvgIpc) is 3.34. The summed E-state index contributed by atoms with van der Waals surface area (Å²) in [5, 5.41) is 2.59. The van der Waals surface area contributed by atoms with Crippen LogP contribution in [0.15, 0.2) is 81.7 Å². The largest absolute Gasteiger partial charge is 0.463 e. The summed E-state index contributed by atoms with van der Waals surface area (Å²) in [6, 6.07) is 17.2. The monoisotopic (exact) mass is 497 g/mol. The van der Waals surface area contributed by atoms with Gasteiger partial charge in [-0.25, -0.2) is 9.79 Å². The number of nitrogens with zero attached hydrogens (tertiary/aromatic N) is 3. The van der Waals surface area contributed by atoms with Gasteiger partial charge in [0.1, 0.15) is 4.53 Å². The van der Waals surface area contributed by atoms with Crippen molar-refractivity contribution < 1.29 is 9.53 Å². The van der Waals surface area contributed by atoms with Crippen LogP contribution in [0.4, 0.5) is 0 Å². The van der Waals surface area contributed by atoms with E-state index in [1.807, 2.05) is 66.7 Å². The molecule has 0 aliphatic carbocycles. The number of thiazole rings is 1. The van der Waals surface area contributed by atoms with Crippen molar-refractivity contribution >= 4 is 40.9 Å². The Morgan fingerprint density at radius 1 is 1.14 bits per heavy atom. The molecule has 0 amide bonds. The van der Waals surface area contributed by atoms with E-state index in [0.717, 1.165) is 33.6 Å². The van der Waals surface area contributed by atoms with Crippen molar-refractivity contribution in [3.05, 3.63) is 108 Å². The molecule has 1 aliphatic heterocycles. The van der Waals surface area contributed by atoms with Crippen molar-refractivity contribution in [1.29, 1.82) is 0 Å². The molecule has 0 radical (unpaired) electrons. The van der Waals surface area contributed by atoms with E-state index in [4.69, 9.17) is 4.74 Å². The zero-order valence-corrected chi connectivity index (χ0v) is 21.3. The number of hydrogen-bond donors (Lipinski definition) is 0. The molecule has 0 spiro atoms. The molecular formula is C29H27N3O3S. The van der Waals surface area contributed by atoms with E-state index in [0.29, 0.717) is 20.6 Å². The molecule has 2 aromatic carbocycles. The predicted octanol–water partition coefficient (Wildman–Crippen LogP) is 4.31. The number of carbonyl (C=O) groups excluding carboxylic acids is 1. The number of carbonyl (C=O) groups is 1. The van der Waals surface area contributed by atoms with Gasteiger partial charge in [-0.3, -0.25) is 9.36 Å². The van der Waals surface area contributed by atoms with Gasteiger partial charge < -0.3 is 9.30 Å². The standard InChI is InChI=1S/C29H27N3O3S/c1-5-31-19(4)25(21-14-10-11-15-22(21)31)26-27(33)32-23(17-16-20-12-8-7-9-13-20)24(28(34)35-6-2)18(3)30-29(32)36-26/h7-17,23H,4-6H2,1-3H3/b17-16?,26-25+. The van der Waals surface area contributed by atoms with Crippen LogP contribution in [0.3, 0.4) is 0 Å². The van der Waals surface area contributed by atoms with E-state index in [2.05, 4.69) is 23.1 Å². The maximum Gasteiger partial charge on any atom is 0.338 e. The molecule has 4 aromatic rings. The first-order chi connectivity index (χ1) is 17.5. The summed E-state index contributed by atoms with van der Waals surface area (Å²) >= 11 is 1.33. The molecule has 0 saturated carbocycles. The zero-order chi connectivity index (χ0) is 25.4. The highest BCUT2D eigenvalue weighted by molar-refractivity contribution is 7.07. The van der Waals surface area contributed by atoms with Crippen molar-refractivity contribution in [1.82, 2.24) is 9.13 Å². The summed E-state index contributed by atoms with van der Waals surface area (Å²) in [4.78, 5) is 32.3. The number of hydrogen-bond acceptors (Lipinski definition) is 5. The topological polar surface area (TPSA) is 65.6 Å². The lowest BCUT2D eigenvalue weighted by molar-refractivity contribution is -0.139. The van der Waals surface area contributed by atoms with Crippen molar-refractivity contribution in [2.24, 2.45) is 4.99 Å². The van der Waals surface area contributed by atoms with Crippen LogP contribution < -0.4 is 15.7 Å². The lowest BCUT2D eigenvalue weighted by atomic mass is 10.0. The molecular weight excluding hydrogens is 470 g/mol. The van der Waals surface area contributed by atoms with Crippen molar-refractivity contribution in [3.8, 4) is 0 Å². The Bertz CT molecular complexity index is 1810. The van der Waals surface area contributed by atoms with E-state index < -0.39 is 12.0 Å². The first-order valence-corrected chi connectivity index (χ1v) is 12.8. The highest BCUT2D eigenvalue weighted by atomic mass is 32.1. The molecule has 1 atom stereocenters. The zero-order valence-electron chi connectivity index (χ0n) is 20.5. The van der Waals surface area contributed by atoms with Crippen LogP contribution in [0.2, 0.25) is 0 Å². The second-order valence-electron chi connectivity index (χ2n) is 8.52. The minimum absolute atomic E-state index is 0.195. The second-order valence-corrected chi connectivity index (χ2v) is 9.50. The highest BCUT2D eigenvalue weighted by Crippen LogP contribution is 2.27. The fourth-order valence-corrected chi connectivity index (χ4v) is 5.98. The Balaban J connectivity index is 1.84. The molecule has 6 nitrogen and oxygen atoms in total. The Labute approximate surface area is 212 Å². The van der Waals surface area contributed by atoms with Gasteiger partial charge in [-0.2, -0.15) is 0 Å². The molecule has 182 valence electrons. The van der Waals surface area contributed by atoms with Crippen LogP contribution in [-0.2, 0) is 16.1 Å². The number of aromatic nitrogens is 2. The van der Waals surface area contributed by atoms with Gasteiger partial charge in [0.15, 0.2) is 4.80 Å². The van der Waals surface area contributed by atoms with E-state index in [9.17, 15) is 9.59 Å². The molecule has 5 rings (SSSR count). The van der Waals surface area contributed by atoms with Gasteiger partial charge in [-0.1, -0.05) is 78.6 Å². The third-order valence-electron chi connectivity index (χ3n) is 6.43. The summed E-state index contributed by atoms with van der Waals surface area (Å²) in [6.07, 6.45) is 3.80. The number of aryl methyl sites for hydroxylation is 1. The summed E-state index contributed by atoms with van der Waals surface area (Å²) in [6.45, 7) is 10.9. The van der Waals surface area contributed by atoms with Crippen molar-refractivity contribution in [3.63, 3.8) is 0 Å². The van der Waals surface area contributed by atoms with Crippen LogP contribution in [0.5, 0.6) is 0 Å². The molecule has 0 bridgehead atoms. The SMILES string of the molecule is C=c1/c(=c2\sc3n(c2=O)C(C=Cc2ccccc2)C(C(=O)OCC)=C(C)N=3)c2ccccc2n1CC. The van der Waals surface area contributed by atoms with Crippen molar-refractivity contribution in [2.75, 3.05) is 6.61 Å². The quantitative estimate of drug-likeness (QED) is 0.386. The Hall–Kier alpha value is -3.97. The molecule has 0 saturated heterocycles. The molecule has 1 aliphatic rings. The van der Waals surface area contributed by atoms with E-state index >= 15 is 0 Å². The minimum atomic E-state index is -0.637. The van der Waals surface area contributed by atoms with Gasteiger partial charge in [0.25, 0.3) is 5.56 Å². The van der Waals surface area contributed by atoms with Crippen LogP contribution in [0, 0.1) is 9.75 Å². The summed E-state index contributed by atoms with van der Waals surface area (Å²) < 4.78 is 9.65. The van der Waals surface area contributed by atoms with Gasteiger partial charge in [-0.15, -0.1) is 0 Å². The van der Waals surface area contributed by atoms with Crippen LogP contribution in [0.1, 0.15) is 32.4 Å². The van der Waals surface area contributed by atoms with E-state index in [1.54, 1.807) is 18.4 Å². The smallest absolute Gasteiger partial charge is 0.338 e. The van der Waals surface area contributed by atoms with Gasteiger partial charge in [0, 0.05) is 28.0 Å². The van der Waals surface area contributed by atoms with Gasteiger partial charge in [0.2, 0.25) is 0 Å². The maximum absolute atomic E-state index is 14.0. The third-order valence-corrected chi connectivity index (χ3v) is 7.48. The maximum atomic E-state index is 14.0. The fraction of sp³-hybridized carbons (Fsp3) is 0.207. The number of esters is 1. The normalized spacial score (nSPS) is 16.4. The molecule has 36 heavy (non-hydrogen) atoms. The summed E-state index contributed by atoms with van der Waals surface area (Å²) in [7, 11) is 0. The Kier molecular flexibility index (Phi) is 6.33. The van der Waals surface area contributed by atoms with Crippen LogP contribution in [0.25, 0.3) is 23.6 Å². The number of rotatable bonds is 5. The summed E-state index contributed by atoms with van der Waals surface area (Å²) in [5.41, 5.74) is 2.73. The molecule has 0 N–H and O–H groups in total.